The van der Waals surface area contributed by atoms with Crippen molar-refractivity contribution in [3.63, 3.8) is 0 Å². The molecule has 0 atom stereocenters. The maximum atomic E-state index is 13.5. The van der Waals surface area contributed by atoms with Crippen LogP contribution in [0.5, 0.6) is 5.75 Å². The molecule has 110 valence electrons. The van der Waals surface area contributed by atoms with Gasteiger partial charge in [0.05, 0.1) is 0 Å². The Morgan fingerprint density at radius 3 is 2.71 bits per heavy atom. The van der Waals surface area contributed by atoms with Gasteiger partial charge in [0.25, 0.3) is 0 Å². The number of nitrogens with one attached hydrogen (secondary N) is 1. The van der Waals surface area contributed by atoms with E-state index in [1.807, 2.05) is 12.1 Å². The molecule has 1 N–H and O–H groups in total. The standard InChI is InChI=1S/C18H20FNO/c1-13-5-8-17(10-18(13)19)21-12-15-4-2-3-14(9-15)11-20-16-6-7-16/h2-5,8-10,16,20H,6-7,11-12H2,1H3. The summed E-state index contributed by atoms with van der Waals surface area (Å²) in [7, 11) is 0. The van der Waals surface area contributed by atoms with Crippen LogP contribution in [0.1, 0.15) is 29.5 Å². The van der Waals surface area contributed by atoms with Gasteiger partial charge in [-0.25, -0.2) is 4.39 Å². The van der Waals surface area contributed by atoms with Crippen LogP contribution in [0, 0.1) is 12.7 Å². The first-order valence-corrected chi connectivity index (χ1v) is 7.41. The van der Waals surface area contributed by atoms with Gasteiger partial charge < -0.3 is 10.1 Å². The monoisotopic (exact) mass is 285 g/mol. The van der Waals surface area contributed by atoms with Crippen LogP contribution in [0.3, 0.4) is 0 Å². The minimum Gasteiger partial charge on any atom is -0.489 e. The minimum absolute atomic E-state index is 0.227. The molecule has 2 nitrogen and oxygen atoms in total. The molecule has 0 aliphatic heterocycles. The molecule has 0 aromatic heterocycles. The maximum Gasteiger partial charge on any atom is 0.129 e. The van der Waals surface area contributed by atoms with E-state index in [-0.39, 0.29) is 5.82 Å². The third-order valence-corrected chi connectivity index (χ3v) is 3.71. The van der Waals surface area contributed by atoms with E-state index < -0.39 is 0 Å². The van der Waals surface area contributed by atoms with Crippen LogP contribution >= 0.6 is 0 Å². The fraction of sp³-hybridized carbons (Fsp3) is 0.333. The van der Waals surface area contributed by atoms with Crippen LogP contribution < -0.4 is 10.1 Å². The number of benzene rings is 2. The molecule has 1 saturated carbocycles. The van der Waals surface area contributed by atoms with Crippen molar-refractivity contribution < 1.29 is 9.13 Å². The predicted octanol–water partition coefficient (Wildman–Crippen LogP) is 3.97. The van der Waals surface area contributed by atoms with Crippen LogP contribution in [-0.4, -0.2) is 6.04 Å². The SMILES string of the molecule is Cc1ccc(OCc2cccc(CNC3CC3)c2)cc1F. The Morgan fingerprint density at radius 2 is 1.95 bits per heavy atom. The Bertz CT molecular complexity index is 622. The van der Waals surface area contributed by atoms with E-state index in [0.717, 1.165) is 12.1 Å². The molecule has 0 unspecified atom stereocenters. The molecule has 3 heteroatoms. The molecular formula is C18H20FNO. The second-order valence-electron chi connectivity index (χ2n) is 5.67. The summed E-state index contributed by atoms with van der Waals surface area (Å²) in [6.07, 6.45) is 2.59. The highest BCUT2D eigenvalue weighted by Crippen LogP contribution is 2.20. The number of hydrogen-bond acceptors (Lipinski definition) is 2. The third kappa shape index (κ3) is 4.05. The molecule has 0 saturated heterocycles. The molecule has 0 amide bonds. The molecule has 0 heterocycles. The van der Waals surface area contributed by atoms with Crippen LogP contribution in [-0.2, 0) is 13.2 Å². The normalized spacial score (nSPS) is 14.2. The lowest BCUT2D eigenvalue weighted by Gasteiger charge is -2.09. The second kappa shape index (κ2) is 6.27. The minimum atomic E-state index is -0.227. The van der Waals surface area contributed by atoms with E-state index in [0.29, 0.717) is 24.0 Å². The van der Waals surface area contributed by atoms with E-state index in [1.54, 1.807) is 19.1 Å². The van der Waals surface area contributed by atoms with Crippen molar-refractivity contribution in [2.24, 2.45) is 0 Å². The van der Waals surface area contributed by atoms with Crippen molar-refractivity contribution in [3.8, 4) is 5.75 Å². The highest BCUT2D eigenvalue weighted by Gasteiger charge is 2.19. The third-order valence-electron chi connectivity index (χ3n) is 3.71. The Kier molecular flexibility index (Phi) is 4.20. The molecular weight excluding hydrogens is 265 g/mol. The van der Waals surface area contributed by atoms with Gasteiger partial charge >= 0.3 is 0 Å². The van der Waals surface area contributed by atoms with E-state index in [9.17, 15) is 4.39 Å². The van der Waals surface area contributed by atoms with Crippen molar-refractivity contribution in [1.82, 2.24) is 5.32 Å². The summed E-state index contributed by atoms with van der Waals surface area (Å²) in [6.45, 7) is 3.10. The summed E-state index contributed by atoms with van der Waals surface area (Å²) in [5.41, 5.74) is 3.00. The van der Waals surface area contributed by atoms with Crippen molar-refractivity contribution in [3.05, 3.63) is 65.0 Å². The largest absolute Gasteiger partial charge is 0.489 e. The summed E-state index contributed by atoms with van der Waals surface area (Å²) in [5.74, 6) is 0.342. The molecule has 2 aromatic carbocycles. The molecule has 1 fully saturated rings. The molecule has 1 aliphatic carbocycles. The van der Waals surface area contributed by atoms with Crippen LogP contribution in [0.2, 0.25) is 0 Å². The zero-order valence-corrected chi connectivity index (χ0v) is 12.2. The van der Waals surface area contributed by atoms with E-state index in [4.69, 9.17) is 4.74 Å². The van der Waals surface area contributed by atoms with Crippen molar-refractivity contribution >= 4 is 0 Å². The average Bonchev–Trinajstić information content (AvgIpc) is 3.31. The first-order chi connectivity index (χ1) is 10.2. The van der Waals surface area contributed by atoms with E-state index in [1.165, 1.54) is 24.5 Å². The number of rotatable bonds is 6. The van der Waals surface area contributed by atoms with Gasteiger partial charge in [-0.15, -0.1) is 0 Å². The van der Waals surface area contributed by atoms with E-state index >= 15 is 0 Å². The fourth-order valence-corrected chi connectivity index (χ4v) is 2.21. The van der Waals surface area contributed by atoms with Gasteiger partial charge in [0.1, 0.15) is 18.2 Å². The summed E-state index contributed by atoms with van der Waals surface area (Å²) in [5, 5.41) is 3.50. The number of ether oxygens (including phenoxy) is 1. The quantitative estimate of drug-likeness (QED) is 0.867. The van der Waals surface area contributed by atoms with Crippen LogP contribution in [0.25, 0.3) is 0 Å². The van der Waals surface area contributed by atoms with Crippen LogP contribution in [0.15, 0.2) is 42.5 Å². The van der Waals surface area contributed by atoms with Crippen LogP contribution in [0.4, 0.5) is 4.39 Å². The first-order valence-electron chi connectivity index (χ1n) is 7.41. The fourth-order valence-electron chi connectivity index (χ4n) is 2.21. The van der Waals surface area contributed by atoms with Gasteiger partial charge in [0, 0.05) is 18.7 Å². The van der Waals surface area contributed by atoms with Crippen molar-refractivity contribution in [1.29, 1.82) is 0 Å². The van der Waals surface area contributed by atoms with E-state index in [2.05, 4.69) is 17.4 Å². The lowest BCUT2D eigenvalue weighted by Crippen LogP contribution is -2.15. The molecule has 0 spiro atoms. The Balaban J connectivity index is 1.58. The summed E-state index contributed by atoms with van der Waals surface area (Å²) >= 11 is 0. The molecule has 1 aliphatic rings. The Morgan fingerprint density at radius 1 is 1.14 bits per heavy atom. The first kappa shape index (κ1) is 14.1. The zero-order chi connectivity index (χ0) is 14.7. The number of aryl methyl sites for hydroxylation is 1. The highest BCUT2D eigenvalue weighted by molar-refractivity contribution is 5.29. The zero-order valence-electron chi connectivity index (χ0n) is 12.2. The lowest BCUT2D eigenvalue weighted by atomic mass is 10.1. The molecule has 3 rings (SSSR count). The van der Waals surface area contributed by atoms with Gasteiger partial charge in [0.2, 0.25) is 0 Å². The molecule has 21 heavy (non-hydrogen) atoms. The number of hydrogen-bond donors (Lipinski definition) is 1. The number of halogens is 1. The van der Waals surface area contributed by atoms with Gasteiger partial charge in [0.15, 0.2) is 0 Å². The summed E-state index contributed by atoms with van der Waals surface area (Å²) < 4.78 is 19.1. The molecule has 0 radical (unpaired) electrons. The molecule has 0 bridgehead atoms. The van der Waals surface area contributed by atoms with Gasteiger partial charge in [-0.05, 0) is 42.5 Å². The molecule has 2 aromatic rings. The maximum absolute atomic E-state index is 13.5. The average molecular weight is 285 g/mol. The Labute approximate surface area is 125 Å². The topological polar surface area (TPSA) is 21.3 Å². The highest BCUT2D eigenvalue weighted by atomic mass is 19.1. The second-order valence-corrected chi connectivity index (χ2v) is 5.67. The van der Waals surface area contributed by atoms with Gasteiger partial charge in [-0.3, -0.25) is 0 Å². The van der Waals surface area contributed by atoms with Gasteiger partial charge in [-0.1, -0.05) is 30.3 Å². The van der Waals surface area contributed by atoms with Gasteiger partial charge in [-0.2, -0.15) is 0 Å². The summed E-state index contributed by atoms with van der Waals surface area (Å²) in [4.78, 5) is 0. The van der Waals surface area contributed by atoms with Crippen molar-refractivity contribution in [2.45, 2.75) is 39.0 Å². The Hall–Kier alpha value is -1.87. The predicted molar refractivity (Wildman–Crippen MR) is 81.8 cm³/mol. The summed E-state index contributed by atoms with van der Waals surface area (Å²) in [6, 6.07) is 14.0. The van der Waals surface area contributed by atoms with Crippen molar-refractivity contribution in [2.75, 3.05) is 0 Å². The lowest BCUT2D eigenvalue weighted by molar-refractivity contribution is 0.304. The smallest absolute Gasteiger partial charge is 0.129 e.